The Hall–Kier alpha value is -0.0800. The van der Waals surface area contributed by atoms with Crippen molar-refractivity contribution in [1.29, 1.82) is 0 Å². The van der Waals surface area contributed by atoms with Crippen molar-refractivity contribution in [2.75, 3.05) is 13.1 Å². The van der Waals surface area contributed by atoms with Crippen LogP contribution in [0.1, 0.15) is 71.6 Å². The maximum absolute atomic E-state index is 3.74. The minimum atomic E-state index is 0.814. The first-order chi connectivity index (χ1) is 8.85. The minimum Gasteiger partial charge on any atom is -0.314 e. The Morgan fingerprint density at radius 2 is 1.67 bits per heavy atom. The lowest BCUT2D eigenvalue weighted by Gasteiger charge is -2.39. The van der Waals surface area contributed by atoms with Crippen LogP contribution < -0.4 is 5.32 Å². The number of rotatable bonds is 8. The van der Waals surface area contributed by atoms with Crippen LogP contribution >= 0.6 is 0 Å². The van der Waals surface area contributed by atoms with Crippen molar-refractivity contribution in [2.45, 2.75) is 89.8 Å². The first-order valence-corrected chi connectivity index (χ1v) is 8.34. The van der Waals surface area contributed by atoms with E-state index >= 15 is 0 Å². The summed E-state index contributed by atoms with van der Waals surface area (Å²) >= 11 is 0. The van der Waals surface area contributed by atoms with Gasteiger partial charge in [0.2, 0.25) is 0 Å². The van der Waals surface area contributed by atoms with E-state index < -0.39 is 0 Å². The van der Waals surface area contributed by atoms with E-state index in [1.54, 1.807) is 0 Å². The molecule has 0 radical (unpaired) electrons. The second-order valence-electron chi connectivity index (χ2n) is 6.31. The van der Waals surface area contributed by atoms with Gasteiger partial charge in [-0.25, -0.2) is 0 Å². The van der Waals surface area contributed by atoms with Gasteiger partial charge in [0.25, 0.3) is 0 Å². The molecule has 2 atom stereocenters. The average molecular weight is 252 g/mol. The molecule has 2 heterocycles. The summed E-state index contributed by atoms with van der Waals surface area (Å²) in [5.74, 6) is 0. The van der Waals surface area contributed by atoms with Crippen LogP contribution in [0.4, 0.5) is 0 Å². The zero-order chi connectivity index (χ0) is 12.8. The molecule has 2 saturated heterocycles. The Balaban J connectivity index is 1.72. The molecule has 1 N–H and O–H groups in total. The summed E-state index contributed by atoms with van der Waals surface area (Å²) in [7, 11) is 0. The monoisotopic (exact) mass is 252 g/mol. The van der Waals surface area contributed by atoms with Crippen molar-refractivity contribution in [1.82, 2.24) is 10.2 Å². The van der Waals surface area contributed by atoms with Crippen LogP contribution in [-0.4, -0.2) is 36.1 Å². The molecule has 2 unspecified atom stereocenters. The van der Waals surface area contributed by atoms with Gasteiger partial charge in [0.1, 0.15) is 0 Å². The molecule has 18 heavy (non-hydrogen) atoms. The first kappa shape index (κ1) is 14.3. The smallest absolute Gasteiger partial charge is 0.0114 e. The maximum atomic E-state index is 3.74. The first-order valence-electron chi connectivity index (χ1n) is 8.34. The van der Waals surface area contributed by atoms with Crippen LogP contribution in [0.25, 0.3) is 0 Å². The number of piperidine rings is 1. The van der Waals surface area contributed by atoms with Crippen molar-refractivity contribution < 1.29 is 0 Å². The van der Waals surface area contributed by atoms with Crippen LogP contribution in [0.15, 0.2) is 0 Å². The molecule has 0 spiro atoms. The zero-order valence-electron chi connectivity index (χ0n) is 12.5. The molecule has 0 aromatic heterocycles. The number of hydrogen-bond acceptors (Lipinski definition) is 2. The highest BCUT2D eigenvalue weighted by molar-refractivity contribution is 4.97. The third-order valence-corrected chi connectivity index (χ3v) is 4.84. The van der Waals surface area contributed by atoms with Crippen molar-refractivity contribution in [2.24, 2.45) is 0 Å². The third kappa shape index (κ3) is 3.71. The number of nitrogens with zero attached hydrogens (tertiary/aromatic N) is 1. The summed E-state index contributed by atoms with van der Waals surface area (Å²) in [6.45, 7) is 7.15. The Labute approximate surface area is 114 Å². The number of unbranched alkanes of at least 4 members (excludes halogenated alkanes) is 3. The minimum absolute atomic E-state index is 0.814. The van der Waals surface area contributed by atoms with Crippen LogP contribution in [-0.2, 0) is 0 Å². The van der Waals surface area contributed by atoms with E-state index in [2.05, 4.69) is 24.1 Å². The Kier molecular flexibility index (Phi) is 5.97. The summed E-state index contributed by atoms with van der Waals surface area (Å²) in [6.07, 6.45) is 12.6. The number of fused-ring (bicyclic) bond motifs is 2. The average Bonchev–Trinajstić information content (AvgIpc) is 2.62. The molecule has 2 heteroatoms. The molecule has 0 saturated carbocycles. The predicted molar refractivity (Wildman–Crippen MR) is 79.0 cm³/mol. The summed E-state index contributed by atoms with van der Waals surface area (Å²) < 4.78 is 0. The SMILES string of the molecule is CCCCCCN1C2CCC1CC(NCCC)C2. The molecular weight excluding hydrogens is 220 g/mol. The molecule has 0 aromatic carbocycles. The van der Waals surface area contributed by atoms with Crippen molar-refractivity contribution in [3.8, 4) is 0 Å². The number of nitrogens with one attached hydrogen (secondary N) is 1. The van der Waals surface area contributed by atoms with E-state index in [1.807, 2.05) is 0 Å². The molecular formula is C16H32N2. The fraction of sp³-hybridized carbons (Fsp3) is 1.00. The summed E-state index contributed by atoms with van der Waals surface area (Å²) in [5.41, 5.74) is 0. The topological polar surface area (TPSA) is 15.3 Å². The predicted octanol–water partition coefficient (Wildman–Crippen LogP) is 3.56. The lowest BCUT2D eigenvalue weighted by Crippen LogP contribution is -2.49. The molecule has 0 amide bonds. The van der Waals surface area contributed by atoms with Gasteiger partial charge in [-0.05, 0) is 51.6 Å². The van der Waals surface area contributed by atoms with Crippen LogP contribution in [0, 0.1) is 0 Å². The van der Waals surface area contributed by atoms with Gasteiger partial charge >= 0.3 is 0 Å². The largest absolute Gasteiger partial charge is 0.314 e. The molecule has 2 nitrogen and oxygen atoms in total. The molecule has 2 aliphatic rings. The fourth-order valence-corrected chi connectivity index (χ4v) is 3.88. The van der Waals surface area contributed by atoms with Gasteiger partial charge in [-0.2, -0.15) is 0 Å². The van der Waals surface area contributed by atoms with Crippen molar-refractivity contribution in [3.05, 3.63) is 0 Å². The summed E-state index contributed by atoms with van der Waals surface area (Å²) in [6, 6.07) is 2.62. The van der Waals surface area contributed by atoms with E-state index in [0.717, 1.165) is 18.1 Å². The highest BCUT2D eigenvalue weighted by Gasteiger charge is 2.39. The Morgan fingerprint density at radius 1 is 0.944 bits per heavy atom. The fourth-order valence-electron chi connectivity index (χ4n) is 3.88. The van der Waals surface area contributed by atoms with Crippen LogP contribution in [0.3, 0.4) is 0 Å². The lowest BCUT2D eigenvalue weighted by atomic mass is 9.96. The van der Waals surface area contributed by atoms with Gasteiger partial charge in [-0.3, -0.25) is 4.90 Å². The molecule has 106 valence electrons. The molecule has 2 rings (SSSR count). The van der Waals surface area contributed by atoms with E-state index in [4.69, 9.17) is 0 Å². The third-order valence-electron chi connectivity index (χ3n) is 4.84. The normalized spacial score (nSPS) is 32.0. The maximum Gasteiger partial charge on any atom is 0.0114 e. The molecule has 2 fully saturated rings. The van der Waals surface area contributed by atoms with Crippen LogP contribution in [0.5, 0.6) is 0 Å². The standard InChI is InChI=1S/C16H32N2/c1-3-5-6-7-11-18-15-8-9-16(18)13-14(12-15)17-10-4-2/h14-17H,3-13H2,1-2H3. The van der Waals surface area contributed by atoms with Gasteiger partial charge in [0.05, 0.1) is 0 Å². The van der Waals surface area contributed by atoms with E-state index in [0.29, 0.717) is 0 Å². The second kappa shape index (κ2) is 7.49. The van der Waals surface area contributed by atoms with Gasteiger partial charge in [0.15, 0.2) is 0 Å². The van der Waals surface area contributed by atoms with Crippen molar-refractivity contribution >= 4 is 0 Å². The Bertz CT molecular complexity index is 215. The second-order valence-corrected chi connectivity index (χ2v) is 6.31. The molecule has 2 bridgehead atoms. The van der Waals surface area contributed by atoms with Crippen LogP contribution in [0.2, 0.25) is 0 Å². The van der Waals surface area contributed by atoms with Gasteiger partial charge in [-0.1, -0.05) is 33.1 Å². The van der Waals surface area contributed by atoms with Gasteiger partial charge in [0, 0.05) is 18.1 Å². The highest BCUT2D eigenvalue weighted by Crippen LogP contribution is 2.35. The lowest BCUT2D eigenvalue weighted by molar-refractivity contribution is 0.114. The molecule has 0 aliphatic carbocycles. The van der Waals surface area contributed by atoms with E-state index in [9.17, 15) is 0 Å². The van der Waals surface area contributed by atoms with Gasteiger partial charge in [-0.15, -0.1) is 0 Å². The van der Waals surface area contributed by atoms with E-state index in [-0.39, 0.29) is 0 Å². The van der Waals surface area contributed by atoms with E-state index in [1.165, 1.54) is 70.9 Å². The zero-order valence-corrected chi connectivity index (χ0v) is 12.5. The Morgan fingerprint density at radius 3 is 2.28 bits per heavy atom. The summed E-state index contributed by atoms with van der Waals surface area (Å²) in [4.78, 5) is 2.85. The highest BCUT2D eigenvalue weighted by atomic mass is 15.2. The molecule has 2 aliphatic heterocycles. The quantitative estimate of drug-likeness (QED) is 0.665. The summed E-state index contributed by atoms with van der Waals surface area (Å²) in [5, 5.41) is 3.74. The van der Waals surface area contributed by atoms with Gasteiger partial charge < -0.3 is 5.32 Å². The number of hydrogen-bond donors (Lipinski definition) is 1. The van der Waals surface area contributed by atoms with Crippen molar-refractivity contribution in [3.63, 3.8) is 0 Å². The molecule has 0 aromatic rings.